The van der Waals surface area contributed by atoms with Crippen molar-refractivity contribution in [2.24, 2.45) is 0 Å². The van der Waals surface area contributed by atoms with E-state index < -0.39 is 6.04 Å². The van der Waals surface area contributed by atoms with E-state index in [2.05, 4.69) is 31.5 Å². The zero-order valence-electron chi connectivity index (χ0n) is 16.9. The van der Waals surface area contributed by atoms with Crippen molar-refractivity contribution in [1.29, 1.82) is 0 Å². The fraction of sp³-hybridized carbons (Fsp3) is 0.304. The largest absolute Gasteiger partial charge is 0.352 e. The third-order valence-electron chi connectivity index (χ3n) is 5.22. The van der Waals surface area contributed by atoms with Gasteiger partial charge in [0.05, 0.1) is 17.2 Å². The molecule has 0 aliphatic heterocycles. The number of hydrogen-bond acceptors (Lipinski definition) is 4. The lowest BCUT2D eigenvalue weighted by molar-refractivity contribution is -0.129. The van der Waals surface area contributed by atoms with Crippen LogP contribution in [0, 0.1) is 0 Å². The number of rotatable bonds is 8. The first-order valence-electron chi connectivity index (χ1n) is 10.3. The van der Waals surface area contributed by atoms with E-state index in [0.29, 0.717) is 17.3 Å². The third-order valence-corrected chi connectivity index (χ3v) is 5.72. The van der Waals surface area contributed by atoms with Crippen molar-refractivity contribution in [3.05, 3.63) is 75.2 Å². The summed E-state index contributed by atoms with van der Waals surface area (Å²) in [5, 5.41) is 6.29. The van der Waals surface area contributed by atoms with Gasteiger partial charge in [-0.05, 0) is 36.6 Å². The molecule has 0 bridgehead atoms. The van der Waals surface area contributed by atoms with Crippen LogP contribution in [-0.2, 0) is 22.6 Å². The molecule has 4 rings (SSSR count). The van der Waals surface area contributed by atoms with Crippen LogP contribution in [0.4, 0.5) is 0 Å². The van der Waals surface area contributed by atoms with Gasteiger partial charge in [0.2, 0.25) is 11.8 Å². The van der Waals surface area contributed by atoms with Crippen molar-refractivity contribution < 1.29 is 9.59 Å². The normalized spacial score (nSPS) is 14.2. The predicted molar refractivity (Wildman–Crippen MR) is 122 cm³/mol. The van der Waals surface area contributed by atoms with Crippen LogP contribution < -0.4 is 16.2 Å². The molecule has 0 saturated heterocycles. The fourth-order valence-corrected chi connectivity index (χ4v) is 3.73. The van der Waals surface area contributed by atoms with E-state index in [9.17, 15) is 14.4 Å². The summed E-state index contributed by atoms with van der Waals surface area (Å²) in [6.07, 6.45) is 3.89. The molecule has 160 valence electrons. The van der Waals surface area contributed by atoms with Gasteiger partial charge in [0.25, 0.3) is 5.56 Å². The second-order valence-electron chi connectivity index (χ2n) is 7.75. The zero-order valence-corrected chi connectivity index (χ0v) is 18.5. The second-order valence-corrected chi connectivity index (χ2v) is 8.66. The Morgan fingerprint density at radius 3 is 2.68 bits per heavy atom. The summed E-state index contributed by atoms with van der Waals surface area (Å²) in [5.74, 6) is -0.456. The van der Waals surface area contributed by atoms with Gasteiger partial charge in [0.15, 0.2) is 0 Å². The number of aromatic nitrogens is 2. The van der Waals surface area contributed by atoms with Crippen LogP contribution in [0.5, 0.6) is 0 Å². The highest BCUT2D eigenvalue weighted by Gasteiger charge is 2.28. The fourth-order valence-electron chi connectivity index (χ4n) is 3.37. The number of aryl methyl sites for hydroxylation is 1. The molecule has 0 radical (unpaired) electrons. The Labute approximate surface area is 188 Å². The highest BCUT2D eigenvalue weighted by molar-refractivity contribution is 9.10. The SMILES string of the molecule is O=C(CCn1cnc2ccc(Br)cc2c1=O)NC(Cc1ccccc1)C(=O)NC1CC1. The third kappa shape index (κ3) is 5.58. The molecule has 1 aromatic heterocycles. The maximum atomic E-state index is 12.7. The molecule has 2 aromatic carbocycles. The molecule has 7 nitrogen and oxygen atoms in total. The first-order chi connectivity index (χ1) is 15.0. The van der Waals surface area contributed by atoms with Gasteiger partial charge in [-0.2, -0.15) is 0 Å². The molecule has 1 atom stereocenters. The molecule has 1 saturated carbocycles. The quantitative estimate of drug-likeness (QED) is 0.515. The molecule has 3 aromatic rings. The number of fused-ring (bicyclic) bond motifs is 1. The molecule has 31 heavy (non-hydrogen) atoms. The van der Waals surface area contributed by atoms with Gasteiger partial charge in [-0.1, -0.05) is 46.3 Å². The number of benzene rings is 2. The number of hydrogen-bond donors (Lipinski definition) is 2. The molecule has 2 N–H and O–H groups in total. The van der Waals surface area contributed by atoms with E-state index >= 15 is 0 Å². The molecule has 0 spiro atoms. The molecule has 8 heteroatoms. The zero-order chi connectivity index (χ0) is 21.8. The molecule has 1 aliphatic carbocycles. The van der Waals surface area contributed by atoms with Crippen molar-refractivity contribution in [2.45, 2.75) is 44.3 Å². The van der Waals surface area contributed by atoms with Crippen LogP contribution in [0.3, 0.4) is 0 Å². The first kappa shape index (κ1) is 21.2. The Balaban J connectivity index is 1.42. The Hall–Kier alpha value is -3.00. The average molecular weight is 483 g/mol. The summed E-state index contributed by atoms with van der Waals surface area (Å²) in [6, 6.07) is 14.5. The smallest absolute Gasteiger partial charge is 0.261 e. The van der Waals surface area contributed by atoms with Crippen molar-refractivity contribution >= 4 is 38.6 Å². The Morgan fingerprint density at radius 1 is 1.16 bits per heavy atom. The monoisotopic (exact) mass is 482 g/mol. The van der Waals surface area contributed by atoms with Crippen LogP contribution in [0.25, 0.3) is 10.9 Å². The van der Waals surface area contributed by atoms with Crippen molar-refractivity contribution in [3.63, 3.8) is 0 Å². The molecule has 1 heterocycles. The van der Waals surface area contributed by atoms with E-state index in [4.69, 9.17) is 0 Å². The van der Waals surface area contributed by atoms with Gasteiger partial charge in [-0.25, -0.2) is 4.98 Å². The average Bonchev–Trinajstić information content (AvgIpc) is 3.58. The van der Waals surface area contributed by atoms with Gasteiger partial charge in [0.1, 0.15) is 6.04 Å². The predicted octanol–water partition coefficient (Wildman–Crippen LogP) is 2.56. The summed E-state index contributed by atoms with van der Waals surface area (Å²) in [4.78, 5) is 42.3. The number of halogens is 1. The molecule has 2 amide bonds. The topological polar surface area (TPSA) is 93.1 Å². The number of amides is 2. The summed E-state index contributed by atoms with van der Waals surface area (Å²) in [5.41, 5.74) is 1.37. The minimum atomic E-state index is -0.655. The molecule has 1 fully saturated rings. The lowest BCUT2D eigenvalue weighted by atomic mass is 10.0. The van der Waals surface area contributed by atoms with Crippen molar-refractivity contribution in [2.75, 3.05) is 0 Å². The number of carbonyl (C=O) groups excluding carboxylic acids is 2. The second kappa shape index (κ2) is 9.43. The Kier molecular flexibility index (Phi) is 6.46. The molecule has 1 unspecified atom stereocenters. The van der Waals surface area contributed by atoms with Crippen LogP contribution in [0.1, 0.15) is 24.8 Å². The first-order valence-corrected chi connectivity index (χ1v) is 11.1. The van der Waals surface area contributed by atoms with Crippen LogP contribution >= 0.6 is 15.9 Å². The van der Waals surface area contributed by atoms with E-state index in [1.807, 2.05) is 36.4 Å². The summed E-state index contributed by atoms with van der Waals surface area (Å²) >= 11 is 3.36. The number of carbonyl (C=O) groups is 2. The highest BCUT2D eigenvalue weighted by atomic mass is 79.9. The van der Waals surface area contributed by atoms with E-state index in [1.54, 1.807) is 12.1 Å². The lowest BCUT2D eigenvalue weighted by Gasteiger charge is -2.19. The van der Waals surface area contributed by atoms with Gasteiger partial charge < -0.3 is 10.6 Å². The minimum absolute atomic E-state index is 0.0725. The number of nitrogens with zero attached hydrogens (tertiary/aromatic N) is 2. The van der Waals surface area contributed by atoms with Gasteiger partial charge >= 0.3 is 0 Å². The maximum absolute atomic E-state index is 12.7. The Bertz CT molecular complexity index is 1160. The molecular weight excluding hydrogens is 460 g/mol. The van der Waals surface area contributed by atoms with Crippen LogP contribution in [-0.4, -0.2) is 33.4 Å². The van der Waals surface area contributed by atoms with Crippen LogP contribution in [0.15, 0.2) is 64.1 Å². The molecular formula is C23H23BrN4O3. The highest BCUT2D eigenvalue weighted by Crippen LogP contribution is 2.19. The number of nitrogens with one attached hydrogen (secondary N) is 2. The van der Waals surface area contributed by atoms with E-state index in [-0.39, 0.29) is 36.4 Å². The van der Waals surface area contributed by atoms with Crippen LogP contribution in [0.2, 0.25) is 0 Å². The van der Waals surface area contributed by atoms with Crippen molar-refractivity contribution in [1.82, 2.24) is 20.2 Å². The van der Waals surface area contributed by atoms with E-state index in [1.165, 1.54) is 10.9 Å². The van der Waals surface area contributed by atoms with E-state index in [0.717, 1.165) is 22.9 Å². The maximum Gasteiger partial charge on any atom is 0.261 e. The Morgan fingerprint density at radius 2 is 1.94 bits per heavy atom. The summed E-state index contributed by atoms with van der Waals surface area (Å²) < 4.78 is 2.21. The van der Waals surface area contributed by atoms with Crippen molar-refractivity contribution in [3.8, 4) is 0 Å². The standard InChI is InChI=1S/C23H23BrN4O3/c24-16-6-9-19-18(13-16)23(31)28(14-25-19)11-10-21(29)27-20(22(30)26-17-7-8-17)12-15-4-2-1-3-5-15/h1-6,9,13-14,17,20H,7-8,10-12H2,(H,26,30)(H,27,29). The van der Waals surface area contributed by atoms with Gasteiger partial charge in [0, 0.05) is 29.9 Å². The summed E-state index contributed by atoms with van der Waals surface area (Å²) in [6.45, 7) is 0.183. The minimum Gasteiger partial charge on any atom is -0.352 e. The van der Waals surface area contributed by atoms with Gasteiger partial charge in [-0.15, -0.1) is 0 Å². The van der Waals surface area contributed by atoms with Gasteiger partial charge in [-0.3, -0.25) is 19.0 Å². The lowest BCUT2D eigenvalue weighted by Crippen LogP contribution is -2.48. The summed E-state index contributed by atoms with van der Waals surface area (Å²) in [7, 11) is 0. The molecule has 1 aliphatic rings.